The van der Waals surface area contributed by atoms with Gasteiger partial charge in [-0.3, -0.25) is 0 Å². The van der Waals surface area contributed by atoms with E-state index in [1.54, 1.807) is 19.9 Å². The Hall–Kier alpha value is -2.22. The summed E-state index contributed by atoms with van der Waals surface area (Å²) in [4.78, 5) is 25.1. The van der Waals surface area contributed by atoms with Crippen LogP contribution >= 0.6 is 0 Å². The maximum Gasteiger partial charge on any atom is 0.336 e. The lowest BCUT2D eigenvalue weighted by Crippen LogP contribution is -2.35. The first-order valence-corrected chi connectivity index (χ1v) is 10.2. The highest BCUT2D eigenvalue weighted by molar-refractivity contribution is 5.92. The summed E-state index contributed by atoms with van der Waals surface area (Å²) >= 11 is 0. The van der Waals surface area contributed by atoms with Gasteiger partial charge < -0.3 is 24.1 Å². The van der Waals surface area contributed by atoms with E-state index in [1.165, 1.54) is 0 Å². The fourth-order valence-electron chi connectivity index (χ4n) is 3.98. The Morgan fingerprint density at radius 2 is 2.13 bits per heavy atom. The molecule has 3 aliphatic rings. The summed E-state index contributed by atoms with van der Waals surface area (Å²) in [6, 6.07) is 0. The number of carbonyl (C=O) groups excluding carboxylic acids is 2. The third-order valence-electron chi connectivity index (χ3n) is 5.66. The number of esters is 2. The predicted molar refractivity (Wildman–Crippen MR) is 109 cm³/mol. The van der Waals surface area contributed by atoms with E-state index in [0.29, 0.717) is 12.8 Å². The quantitative estimate of drug-likeness (QED) is 0.426. The average molecular weight is 418 g/mol. The van der Waals surface area contributed by atoms with E-state index in [0.717, 1.165) is 17.6 Å². The van der Waals surface area contributed by atoms with Crippen LogP contribution in [0.4, 0.5) is 0 Å². The Kier molecular flexibility index (Phi) is 6.65. The van der Waals surface area contributed by atoms with Gasteiger partial charge in [0.15, 0.2) is 5.79 Å². The van der Waals surface area contributed by atoms with Crippen LogP contribution in [-0.4, -0.2) is 54.4 Å². The number of fused-ring (bicyclic) bond motifs is 1. The van der Waals surface area contributed by atoms with E-state index < -0.39 is 42.0 Å². The van der Waals surface area contributed by atoms with Crippen LogP contribution in [0.1, 0.15) is 40.0 Å². The zero-order chi connectivity index (χ0) is 22.1. The molecule has 0 unspecified atom stereocenters. The van der Waals surface area contributed by atoms with Crippen LogP contribution in [0.2, 0.25) is 0 Å². The minimum absolute atomic E-state index is 0.129. The Balaban J connectivity index is 1.84. The molecule has 2 heterocycles. The van der Waals surface area contributed by atoms with Gasteiger partial charge in [0.05, 0.1) is 24.7 Å². The van der Waals surface area contributed by atoms with Crippen molar-refractivity contribution in [2.45, 2.75) is 64.1 Å². The molecule has 1 aliphatic carbocycles. The highest BCUT2D eigenvalue weighted by Gasteiger charge is 2.45. The first kappa shape index (κ1) is 22.5. The van der Waals surface area contributed by atoms with Crippen LogP contribution < -0.4 is 0 Å². The number of ether oxygens (including phenoxy) is 4. The Bertz CT molecular complexity index is 804. The molecule has 0 amide bonds. The van der Waals surface area contributed by atoms with Crippen molar-refractivity contribution in [2.75, 3.05) is 13.2 Å². The van der Waals surface area contributed by atoms with E-state index in [9.17, 15) is 14.7 Å². The highest BCUT2D eigenvalue weighted by atomic mass is 16.7. The third-order valence-corrected chi connectivity index (χ3v) is 5.66. The molecular weight excluding hydrogens is 388 g/mol. The highest BCUT2D eigenvalue weighted by Crippen LogP contribution is 2.37. The molecule has 0 aromatic rings. The molecule has 0 aromatic carbocycles. The maximum atomic E-state index is 12.9. The maximum absolute atomic E-state index is 12.9. The van der Waals surface area contributed by atoms with Crippen molar-refractivity contribution >= 4 is 11.9 Å². The molecule has 7 nitrogen and oxygen atoms in total. The first-order chi connectivity index (χ1) is 14.1. The van der Waals surface area contributed by atoms with Gasteiger partial charge in [-0.05, 0) is 45.3 Å². The molecule has 0 saturated carbocycles. The standard InChI is InChI=1S/C23H30O7/c1-13-7-6-8-16(11-24)10-18-20(15(3)22(26)29-18)17(9-13)28-21(25)14(2)19-12-27-23(4,5)30-19/h7,10,17-20,24H,2-3,6,8-9,11-12H2,1,4-5H3/b13-7+,16-10-/t17-,18+,19-,20+/m0/s1. The fourth-order valence-corrected chi connectivity index (χ4v) is 3.98. The SMILES string of the molecule is C=C1C(=O)O[C@@H]2/C=C(\CO)CC/C=C(\C)C[C@H](OC(=O)C(=C)[C@@H]3COC(C)(C)O3)[C@@H]12. The summed E-state index contributed by atoms with van der Waals surface area (Å²) in [6.45, 7) is 13.3. The number of aliphatic hydroxyl groups is 1. The van der Waals surface area contributed by atoms with E-state index >= 15 is 0 Å². The summed E-state index contributed by atoms with van der Waals surface area (Å²) in [5, 5.41) is 9.66. The van der Waals surface area contributed by atoms with Crippen LogP contribution in [-0.2, 0) is 28.5 Å². The molecule has 0 radical (unpaired) electrons. The largest absolute Gasteiger partial charge is 0.458 e. The lowest BCUT2D eigenvalue weighted by Gasteiger charge is -2.28. The zero-order valence-corrected chi connectivity index (χ0v) is 17.8. The third kappa shape index (κ3) is 4.91. The van der Waals surface area contributed by atoms with Gasteiger partial charge in [0, 0.05) is 12.0 Å². The molecule has 2 aliphatic heterocycles. The van der Waals surface area contributed by atoms with E-state index in [1.807, 2.05) is 6.92 Å². The van der Waals surface area contributed by atoms with Crippen molar-refractivity contribution in [2.24, 2.45) is 5.92 Å². The second-order valence-corrected chi connectivity index (χ2v) is 8.48. The van der Waals surface area contributed by atoms with Crippen molar-refractivity contribution in [3.8, 4) is 0 Å². The van der Waals surface area contributed by atoms with Gasteiger partial charge in [-0.1, -0.05) is 24.8 Å². The van der Waals surface area contributed by atoms with Crippen molar-refractivity contribution in [3.05, 3.63) is 47.6 Å². The van der Waals surface area contributed by atoms with Crippen LogP contribution in [0.5, 0.6) is 0 Å². The monoisotopic (exact) mass is 418 g/mol. The predicted octanol–water partition coefficient (Wildman–Crippen LogP) is 2.75. The molecule has 0 bridgehead atoms. The van der Waals surface area contributed by atoms with Gasteiger partial charge in [-0.15, -0.1) is 0 Å². The Labute approximate surface area is 177 Å². The molecule has 2 fully saturated rings. The lowest BCUT2D eigenvalue weighted by atomic mass is 9.85. The van der Waals surface area contributed by atoms with Crippen molar-refractivity contribution < 1.29 is 33.6 Å². The van der Waals surface area contributed by atoms with Crippen molar-refractivity contribution in [1.29, 1.82) is 0 Å². The lowest BCUT2D eigenvalue weighted by molar-refractivity contribution is -0.151. The number of aliphatic hydroxyl groups excluding tert-OH is 1. The van der Waals surface area contributed by atoms with Gasteiger partial charge in [-0.2, -0.15) is 0 Å². The van der Waals surface area contributed by atoms with Gasteiger partial charge in [0.2, 0.25) is 0 Å². The van der Waals surface area contributed by atoms with E-state index in [4.69, 9.17) is 18.9 Å². The molecule has 3 rings (SSSR count). The van der Waals surface area contributed by atoms with E-state index in [-0.39, 0.29) is 24.4 Å². The summed E-state index contributed by atoms with van der Waals surface area (Å²) in [5.74, 6) is -2.46. The first-order valence-electron chi connectivity index (χ1n) is 10.2. The van der Waals surface area contributed by atoms with Crippen LogP contribution in [0.15, 0.2) is 47.6 Å². The summed E-state index contributed by atoms with van der Waals surface area (Å²) in [7, 11) is 0. The number of hydrogen-bond acceptors (Lipinski definition) is 7. The van der Waals surface area contributed by atoms with E-state index in [2.05, 4.69) is 19.2 Å². The van der Waals surface area contributed by atoms with Gasteiger partial charge in [0.25, 0.3) is 0 Å². The Morgan fingerprint density at radius 1 is 1.40 bits per heavy atom. The number of rotatable bonds is 4. The Morgan fingerprint density at radius 3 is 2.77 bits per heavy atom. The smallest absolute Gasteiger partial charge is 0.336 e. The second kappa shape index (κ2) is 8.88. The number of carbonyl (C=O) groups is 2. The summed E-state index contributed by atoms with van der Waals surface area (Å²) in [6.07, 6.45) is 3.74. The molecule has 0 spiro atoms. The molecule has 1 N–H and O–H groups in total. The van der Waals surface area contributed by atoms with Crippen LogP contribution in [0, 0.1) is 5.92 Å². The van der Waals surface area contributed by atoms with Crippen LogP contribution in [0.3, 0.4) is 0 Å². The summed E-state index contributed by atoms with van der Waals surface area (Å²) in [5.41, 5.74) is 2.21. The number of hydrogen-bond donors (Lipinski definition) is 1. The molecular formula is C23H30O7. The molecule has 7 heteroatoms. The number of allylic oxidation sites excluding steroid dienone is 1. The minimum atomic E-state index is -0.791. The summed E-state index contributed by atoms with van der Waals surface area (Å²) < 4.78 is 22.5. The second-order valence-electron chi connectivity index (χ2n) is 8.48. The molecule has 164 valence electrons. The van der Waals surface area contributed by atoms with Crippen molar-refractivity contribution in [3.63, 3.8) is 0 Å². The van der Waals surface area contributed by atoms with Crippen LogP contribution in [0.25, 0.3) is 0 Å². The average Bonchev–Trinajstić information content (AvgIpc) is 3.18. The fraction of sp³-hybridized carbons (Fsp3) is 0.565. The molecule has 2 saturated heterocycles. The molecule has 4 atom stereocenters. The zero-order valence-electron chi connectivity index (χ0n) is 17.8. The molecule has 0 aromatic heterocycles. The normalized spacial score (nSPS) is 34.8. The molecule has 30 heavy (non-hydrogen) atoms. The van der Waals surface area contributed by atoms with Crippen molar-refractivity contribution in [1.82, 2.24) is 0 Å². The topological polar surface area (TPSA) is 91.3 Å². The minimum Gasteiger partial charge on any atom is -0.458 e. The van der Waals surface area contributed by atoms with Gasteiger partial charge in [0.1, 0.15) is 18.3 Å². The van der Waals surface area contributed by atoms with Gasteiger partial charge in [-0.25, -0.2) is 9.59 Å². The van der Waals surface area contributed by atoms with Gasteiger partial charge >= 0.3 is 11.9 Å².